The third kappa shape index (κ3) is 4.03. The Bertz CT molecular complexity index is 1640. The van der Waals surface area contributed by atoms with Crippen LogP contribution < -0.4 is 16.6 Å². The molecule has 3 aromatic rings. The van der Waals surface area contributed by atoms with Crippen LogP contribution >= 0.6 is 0 Å². The number of nitrogens with one attached hydrogen (secondary N) is 1. The number of esters is 1. The smallest absolute Gasteiger partial charge is 0.343 e. The first kappa shape index (κ1) is 25.5. The molecule has 1 aromatic carbocycles. The molecule has 0 radical (unpaired) electrons. The van der Waals surface area contributed by atoms with Crippen LogP contribution in [0.1, 0.15) is 41.2 Å². The van der Waals surface area contributed by atoms with E-state index in [-0.39, 0.29) is 56.5 Å². The van der Waals surface area contributed by atoms with E-state index in [9.17, 15) is 23.9 Å². The third-order valence-electron chi connectivity index (χ3n) is 6.91. The van der Waals surface area contributed by atoms with Crippen molar-refractivity contribution in [3.63, 3.8) is 0 Å². The standard InChI is InChI=1S/C27H25FN4O6/c1-3-27(36)19-8-22-24-17(11-32(22)25(34)18(19)12-38-26(27)35)15(5-4-6-37-13-30-23(33)10-29)16-7-14(2)20(28)9-21(16)31-24/h7-9,36H,3,6,10-13,29H2,1-2H3,(H,30,33)/t27-/m0/s1. The number of nitrogens with zero attached hydrogens (tertiary/aromatic N) is 2. The number of fused-ring (bicyclic) bond motifs is 5. The fourth-order valence-corrected chi connectivity index (χ4v) is 4.78. The molecular formula is C27H25FN4O6. The summed E-state index contributed by atoms with van der Waals surface area (Å²) in [5.74, 6) is 4.37. The van der Waals surface area contributed by atoms with E-state index in [2.05, 4.69) is 22.1 Å². The molecule has 2 aromatic heterocycles. The summed E-state index contributed by atoms with van der Waals surface area (Å²) in [6.07, 6.45) is 0.0205. The summed E-state index contributed by atoms with van der Waals surface area (Å²) in [5.41, 5.74) is 6.06. The van der Waals surface area contributed by atoms with Gasteiger partial charge >= 0.3 is 5.97 Å². The van der Waals surface area contributed by atoms with E-state index in [4.69, 9.17) is 15.2 Å². The molecule has 1 amide bonds. The van der Waals surface area contributed by atoms with Crippen LogP contribution in [0.2, 0.25) is 0 Å². The summed E-state index contributed by atoms with van der Waals surface area (Å²) in [5, 5.41) is 14.2. The number of ether oxygens (including phenoxy) is 2. The second-order valence-electron chi connectivity index (χ2n) is 9.13. The predicted molar refractivity (Wildman–Crippen MR) is 134 cm³/mol. The average Bonchev–Trinajstić information content (AvgIpc) is 3.27. The van der Waals surface area contributed by atoms with Crippen molar-refractivity contribution in [3.8, 4) is 23.2 Å². The fraction of sp³-hybridized carbons (Fsp3) is 0.333. The molecule has 2 aliphatic rings. The number of aliphatic hydroxyl groups is 1. The summed E-state index contributed by atoms with van der Waals surface area (Å²) in [6, 6.07) is 4.56. The Kier molecular flexibility index (Phi) is 6.48. The molecular weight excluding hydrogens is 495 g/mol. The van der Waals surface area contributed by atoms with Crippen molar-refractivity contribution in [1.29, 1.82) is 0 Å². The maximum atomic E-state index is 14.5. The van der Waals surface area contributed by atoms with E-state index >= 15 is 0 Å². The molecule has 11 heteroatoms. The highest BCUT2D eigenvalue weighted by atomic mass is 19.1. The molecule has 0 saturated carbocycles. The van der Waals surface area contributed by atoms with Gasteiger partial charge in [-0.05, 0) is 31.0 Å². The minimum atomic E-state index is -1.95. The van der Waals surface area contributed by atoms with Gasteiger partial charge in [0.15, 0.2) is 5.60 Å². The van der Waals surface area contributed by atoms with Crippen LogP contribution in [0, 0.1) is 24.6 Å². The number of halogens is 1. The molecule has 4 N–H and O–H groups in total. The van der Waals surface area contributed by atoms with Crippen molar-refractivity contribution in [2.75, 3.05) is 19.9 Å². The van der Waals surface area contributed by atoms with Crippen molar-refractivity contribution in [2.45, 2.75) is 39.0 Å². The van der Waals surface area contributed by atoms with Gasteiger partial charge in [-0.25, -0.2) is 14.2 Å². The summed E-state index contributed by atoms with van der Waals surface area (Å²) in [6.45, 7) is 2.95. The number of hydrogen-bond acceptors (Lipinski definition) is 8. The normalized spacial score (nSPS) is 17.2. The largest absolute Gasteiger partial charge is 0.458 e. The summed E-state index contributed by atoms with van der Waals surface area (Å²) < 4.78 is 26.5. The number of rotatable bonds is 5. The lowest BCUT2D eigenvalue weighted by Crippen LogP contribution is -2.44. The predicted octanol–water partition coefficient (Wildman–Crippen LogP) is 0.928. The Morgan fingerprint density at radius 3 is 2.87 bits per heavy atom. The lowest BCUT2D eigenvalue weighted by Gasteiger charge is -2.31. The van der Waals surface area contributed by atoms with Gasteiger partial charge in [-0.15, -0.1) is 0 Å². The van der Waals surface area contributed by atoms with Crippen molar-refractivity contribution in [3.05, 3.63) is 62.2 Å². The van der Waals surface area contributed by atoms with E-state index in [0.717, 1.165) is 0 Å². The summed E-state index contributed by atoms with van der Waals surface area (Å²) >= 11 is 0. The van der Waals surface area contributed by atoms with Gasteiger partial charge in [-0.3, -0.25) is 9.59 Å². The number of aryl methyl sites for hydroxylation is 1. The Morgan fingerprint density at radius 1 is 1.34 bits per heavy atom. The van der Waals surface area contributed by atoms with Crippen molar-refractivity contribution < 1.29 is 28.6 Å². The maximum absolute atomic E-state index is 14.5. The lowest BCUT2D eigenvalue weighted by molar-refractivity contribution is -0.172. The van der Waals surface area contributed by atoms with Crippen molar-refractivity contribution in [2.24, 2.45) is 5.73 Å². The van der Waals surface area contributed by atoms with Gasteiger partial charge in [0.1, 0.15) is 25.8 Å². The molecule has 2 aliphatic heterocycles. The molecule has 0 saturated heterocycles. The summed E-state index contributed by atoms with van der Waals surface area (Å²) in [4.78, 5) is 41.8. The number of carbonyl (C=O) groups excluding carboxylic acids is 2. The quantitative estimate of drug-likeness (QED) is 0.153. The first-order valence-corrected chi connectivity index (χ1v) is 12.0. The van der Waals surface area contributed by atoms with Gasteiger partial charge in [0.05, 0.1) is 35.6 Å². The molecule has 0 bridgehead atoms. The van der Waals surface area contributed by atoms with E-state index in [0.29, 0.717) is 39.0 Å². The van der Waals surface area contributed by atoms with Crippen LogP contribution in [-0.2, 0) is 37.8 Å². The molecule has 1 atom stereocenters. The minimum Gasteiger partial charge on any atom is -0.458 e. The first-order chi connectivity index (χ1) is 18.2. The minimum absolute atomic E-state index is 0.00616. The molecule has 196 valence electrons. The number of benzene rings is 1. The van der Waals surface area contributed by atoms with Gasteiger partial charge in [-0.1, -0.05) is 18.8 Å². The molecule has 0 fully saturated rings. The Labute approximate surface area is 216 Å². The molecule has 4 heterocycles. The van der Waals surface area contributed by atoms with Crippen LogP contribution in [0.4, 0.5) is 4.39 Å². The molecule has 0 spiro atoms. The number of pyridine rings is 2. The second kappa shape index (κ2) is 9.64. The van der Waals surface area contributed by atoms with Crippen LogP contribution in [0.15, 0.2) is 23.0 Å². The highest BCUT2D eigenvalue weighted by molar-refractivity contribution is 5.92. The Morgan fingerprint density at radius 2 is 2.13 bits per heavy atom. The molecule has 10 nitrogen and oxygen atoms in total. The second-order valence-corrected chi connectivity index (χ2v) is 9.13. The van der Waals surface area contributed by atoms with Crippen LogP contribution in [0.25, 0.3) is 22.3 Å². The van der Waals surface area contributed by atoms with E-state index < -0.39 is 22.9 Å². The number of aromatic nitrogens is 2. The molecule has 38 heavy (non-hydrogen) atoms. The fourth-order valence-electron chi connectivity index (χ4n) is 4.78. The zero-order chi connectivity index (χ0) is 27.2. The highest BCUT2D eigenvalue weighted by Gasteiger charge is 2.45. The SMILES string of the molecule is CC[C@@]1(O)C(=O)OCc2c1cc1n(c2=O)Cc2c-1nc1cc(F)c(C)cc1c2C#CCOCNC(=O)CN. The Balaban J connectivity index is 1.64. The number of nitrogens with two attached hydrogens (primary N) is 1. The monoisotopic (exact) mass is 520 g/mol. The number of carbonyl (C=O) groups is 2. The molecule has 0 unspecified atom stereocenters. The van der Waals surface area contributed by atoms with Crippen molar-refractivity contribution >= 4 is 22.8 Å². The Hall–Kier alpha value is -4.11. The summed E-state index contributed by atoms with van der Waals surface area (Å²) in [7, 11) is 0. The number of cyclic esters (lactones) is 1. The molecule has 5 rings (SSSR count). The first-order valence-electron chi connectivity index (χ1n) is 12.0. The highest BCUT2D eigenvalue weighted by Crippen LogP contribution is 2.40. The van der Waals surface area contributed by atoms with Gasteiger partial charge in [-0.2, -0.15) is 0 Å². The van der Waals surface area contributed by atoms with Crippen LogP contribution in [0.3, 0.4) is 0 Å². The zero-order valence-corrected chi connectivity index (χ0v) is 20.8. The number of hydrogen-bond donors (Lipinski definition) is 3. The topological polar surface area (TPSA) is 146 Å². The van der Waals surface area contributed by atoms with Crippen LogP contribution in [0.5, 0.6) is 0 Å². The van der Waals surface area contributed by atoms with Gasteiger partial charge in [0.25, 0.3) is 5.56 Å². The molecule has 0 aliphatic carbocycles. The van der Waals surface area contributed by atoms with Gasteiger partial charge in [0, 0.05) is 28.1 Å². The third-order valence-corrected chi connectivity index (χ3v) is 6.91. The van der Waals surface area contributed by atoms with Gasteiger partial charge in [0.2, 0.25) is 5.91 Å². The number of amides is 1. The van der Waals surface area contributed by atoms with E-state index in [1.54, 1.807) is 26.0 Å². The van der Waals surface area contributed by atoms with E-state index in [1.807, 2.05) is 0 Å². The van der Waals surface area contributed by atoms with Crippen LogP contribution in [-0.4, -0.2) is 46.4 Å². The van der Waals surface area contributed by atoms with E-state index in [1.165, 1.54) is 10.6 Å². The maximum Gasteiger partial charge on any atom is 0.343 e. The lowest BCUT2D eigenvalue weighted by atomic mass is 9.86. The van der Waals surface area contributed by atoms with Crippen molar-refractivity contribution in [1.82, 2.24) is 14.9 Å². The average molecular weight is 521 g/mol. The zero-order valence-electron chi connectivity index (χ0n) is 20.8. The van der Waals surface area contributed by atoms with Gasteiger partial charge < -0.3 is 30.2 Å².